The average Bonchev–Trinajstić information content (AvgIpc) is 3.12. The lowest BCUT2D eigenvalue weighted by atomic mass is 9.33. The Morgan fingerprint density at radius 3 is 1.52 bits per heavy atom. The van der Waals surface area contributed by atoms with Crippen LogP contribution < -0.4 is 26.2 Å². The molecule has 2 aliphatic heterocycles. The Morgan fingerprint density at radius 2 is 0.891 bits per heavy atom. The summed E-state index contributed by atoms with van der Waals surface area (Å²) in [6, 6.07) is 62.0. The van der Waals surface area contributed by atoms with E-state index in [1.165, 1.54) is 72.6 Å². The zero-order chi connectivity index (χ0) is 30.6. The summed E-state index contributed by atoms with van der Waals surface area (Å²) in [6.07, 6.45) is 0. The van der Waals surface area contributed by atoms with Gasteiger partial charge in [0.25, 0.3) is 6.71 Å². The summed E-state index contributed by atoms with van der Waals surface area (Å²) in [5.74, 6) is 0. The Kier molecular flexibility index (Phi) is 6.17. The minimum Gasteiger partial charge on any atom is -0.311 e. The van der Waals surface area contributed by atoms with E-state index in [0.717, 1.165) is 5.69 Å². The van der Waals surface area contributed by atoms with Gasteiger partial charge in [0.2, 0.25) is 0 Å². The van der Waals surface area contributed by atoms with Crippen LogP contribution in [-0.4, -0.2) is 6.71 Å². The van der Waals surface area contributed by atoms with Crippen molar-refractivity contribution in [1.29, 1.82) is 0 Å². The fourth-order valence-corrected chi connectivity index (χ4v) is 7.57. The van der Waals surface area contributed by atoms with E-state index in [2.05, 4.69) is 187 Å². The van der Waals surface area contributed by atoms with Gasteiger partial charge in [0, 0.05) is 34.1 Å². The summed E-state index contributed by atoms with van der Waals surface area (Å²) < 4.78 is 0. The summed E-state index contributed by atoms with van der Waals surface area (Å²) in [5.41, 5.74) is 17.5. The third kappa shape index (κ3) is 4.13. The highest BCUT2D eigenvalue weighted by Gasteiger charge is 2.43. The molecule has 7 aromatic carbocycles. The lowest BCUT2D eigenvalue weighted by molar-refractivity contribution is 1.24. The maximum Gasteiger partial charge on any atom is 0.252 e. The summed E-state index contributed by atoms with van der Waals surface area (Å²) in [6.45, 7) is 2.30. The molecule has 0 amide bonds. The quantitative estimate of drug-likeness (QED) is 0.190. The fourth-order valence-electron chi connectivity index (χ4n) is 7.57. The minimum absolute atomic E-state index is 0.0839. The molecule has 0 aliphatic carbocycles. The number of rotatable bonds is 4. The molecule has 7 aromatic rings. The summed E-state index contributed by atoms with van der Waals surface area (Å²) >= 11 is 0. The molecule has 0 bridgehead atoms. The summed E-state index contributed by atoms with van der Waals surface area (Å²) in [4.78, 5) is 4.93. The molecule has 0 fully saturated rings. The van der Waals surface area contributed by atoms with Gasteiger partial charge >= 0.3 is 0 Å². The SMILES string of the molecule is Cc1cc2c3c(c1)N(c1ccccc1)c1ccc(-c4ccccc4-c4ccccc4)cc1B3c1ccccc1N2c1ccccc1. The Balaban J connectivity index is 1.35. The van der Waals surface area contributed by atoms with Crippen LogP contribution in [0.2, 0.25) is 0 Å². The van der Waals surface area contributed by atoms with Crippen LogP contribution in [0.5, 0.6) is 0 Å². The molecule has 0 unspecified atom stereocenters. The van der Waals surface area contributed by atoms with Crippen molar-refractivity contribution in [3.05, 3.63) is 175 Å². The van der Waals surface area contributed by atoms with E-state index in [-0.39, 0.29) is 6.71 Å². The molecular weight excluding hydrogens is 555 g/mol. The van der Waals surface area contributed by atoms with Crippen LogP contribution in [0, 0.1) is 6.92 Å². The number of hydrogen-bond acceptors (Lipinski definition) is 2. The van der Waals surface area contributed by atoms with E-state index < -0.39 is 0 Å². The number of nitrogens with zero attached hydrogens (tertiary/aromatic N) is 2. The number of fused-ring (bicyclic) bond motifs is 4. The van der Waals surface area contributed by atoms with Crippen LogP contribution in [0.1, 0.15) is 5.56 Å². The van der Waals surface area contributed by atoms with Crippen LogP contribution in [0.15, 0.2) is 170 Å². The van der Waals surface area contributed by atoms with Crippen molar-refractivity contribution >= 4 is 57.2 Å². The maximum atomic E-state index is 2.47. The molecule has 9 rings (SSSR count). The average molecular weight is 587 g/mol. The van der Waals surface area contributed by atoms with Gasteiger partial charge in [-0.25, -0.2) is 0 Å². The number of anilines is 6. The molecule has 0 atom stereocenters. The van der Waals surface area contributed by atoms with E-state index in [1.54, 1.807) is 0 Å². The van der Waals surface area contributed by atoms with Crippen molar-refractivity contribution in [3.8, 4) is 22.3 Å². The van der Waals surface area contributed by atoms with Crippen LogP contribution in [-0.2, 0) is 0 Å². The van der Waals surface area contributed by atoms with Crippen molar-refractivity contribution in [2.45, 2.75) is 6.92 Å². The van der Waals surface area contributed by atoms with E-state index in [9.17, 15) is 0 Å². The van der Waals surface area contributed by atoms with Crippen molar-refractivity contribution < 1.29 is 0 Å². The van der Waals surface area contributed by atoms with Gasteiger partial charge in [-0.1, -0.05) is 121 Å². The first-order valence-electron chi connectivity index (χ1n) is 16.0. The van der Waals surface area contributed by atoms with Gasteiger partial charge in [-0.05, 0) is 99.7 Å². The first-order valence-corrected chi connectivity index (χ1v) is 16.0. The molecule has 2 heterocycles. The standard InChI is InChI=1S/C43H31BN2/c1-30-27-41-43-42(28-30)46(34-19-9-4-10-20-34)40-26-25-32(36-22-12-11-21-35(36)31-15-5-2-6-16-31)29-38(40)44(43)37-23-13-14-24-39(37)45(41)33-17-7-3-8-18-33/h2-29H,1H3. The Morgan fingerprint density at radius 1 is 0.391 bits per heavy atom. The maximum absolute atomic E-state index is 2.47. The second-order valence-electron chi connectivity index (χ2n) is 12.2. The van der Waals surface area contributed by atoms with Crippen LogP contribution in [0.25, 0.3) is 22.3 Å². The molecule has 2 nitrogen and oxygen atoms in total. The van der Waals surface area contributed by atoms with Gasteiger partial charge < -0.3 is 9.80 Å². The number of aryl methyl sites for hydroxylation is 1. The van der Waals surface area contributed by atoms with E-state index in [1.807, 2.05) is 0 Å². The highest BCUT2D eigenvalue weighted by Crippen LogP contribution is 2.45. The second-order valence-corrected chi connectivity index (χ2v) is 12.2. The normalized spacial score (nSPS) is 12.8. The van der Waals surface area contributed by atoms with Crippen molar-refractivity contribution in [3.63, 3.8) is 0 Å². The highest BCUT2D eigenvalue weighted by molar-refractivity contribution is 7.00. The van der Waals surface area contributed by atoms with Crippen molar-refractivity contribution in [1.82, 2.24) is 0 Å². The Bertz CT molecular complexity index is 2210. The van der Waals surface area contributed by atoms with Gasteiger partial charge in [0.1, 0.15) is 0 Å². The summed E-state index contributed by atoms with van der Waals surface area (Å²) in [5, 5.41) is 0. The topological polar surface area (TPSA) is 6.48 Å². The monoisotopic (exact) mass is 586 g/mol. The van der Waals surface area contributed by atoms with Crippen molar-refractivity contribution in [2.24, 2.45) is 0 Å². The molecule has 0 N–H and O–H groups in total. The zero-order valence-corrected chi connectivity index (χ0v) is 25.6. The smallest absolute Gasteiger partial charge is 0.252 e. The van der Waals surface area contributed by atoms with Gasteiger partial charge in [0.15, 0.2) is 0 Å². The predicted molar refractivity (Wildman–Crippen MR) is 196 cm³/mol. The largest absolute Gasteiger partial charge is 0.311 e. The molecule has 0 radical (unpaired) electrons. The van der Waals surface area contributed by atoms with Crippen molar-refractivity contribution in [2.75, 3.05) is 9.80 Å². The van der Waals surface area contributed by atoms with Gasteiger partial charge in [-0.2, -0.15) is 0 Å². The number of para-hydroxylation sites is 3. The molecule has 216 valence electrons. The van der Waals surface area contributed by atoms with Gasteiger partial charge in [0.05, 0.1) is 0 Å². The first-order chi connectivity index (χ1) is 22.8. The third-order valence-electron chi connectivity index (χ3n) is 9.47. The molecule has 46 heavy (non-hydrogen) atoms. The Labute approximate surface area is 270 Å². The van der Waals surface area contributed by atoms with E-state index in [4.69, 9.17) is 0 Å². The fraction of sp³-hybridized carbons (Fsp3) is 0.0233. The molecule has 0 spiro atoms. The van der Waals surface area contributed by atoms with Gasteiger partial charge in [-0.15, -0.1) is 0 Å². The molecule has 0 aromatic heterocycles. The highest BCUT2D eigenvalue weighted by atomic mass is 15.2. The Hall–Kier alpha value is -5.80. The lowest BCUT2D eigenvalue weighted by Gasteiger charge is -2.44. The van der Waals surface area contributed by atoms with Crippen LogP contribution in [0.4, 0.5) is 34.1 Å². The number of hydrogen-bond donors (Lipinski definition) is 0. The van der Waals surface area contributed by atoms with Crippen LogP contribution in [0.3, 0.4) is 0 Å². The second kappa shape index (κ2) is 10.7. The van der Waals surface area contributed by atoms with Gasteiger partial charge in [-0.3, -0.25) is 0 Å². The molecule has 3 heteroatoms. The minimum atomic E-state index is 0.0839. The first kappa shape index (κ1) is 26.6. The number of benzene rings is 7. The summed E-state index contributed by atoms with van der Waals surface area (Å²) in [7, 11) is 0. The molecular formula is C43H31BN2. The zero-order valence-electron chi connectivity index (χ0n) is 25.6. The van der Waals surface area contributed by atoms with E-state index in [0.29, 0.717) is 0 Å². The molecule has 0 saturated heterocycles. The third-order valence-corrected chi connectivity index (χ3v) is 9.47. The molecule has 0 saturated carbocycles. The van der Waals surface area contributed by atoms with E-state index >= 15 is 0 Å². The lowest BCUT2D eigenvalue weighted by Crippen LogP contribution is -2.61. The predicted octanol–water partition coefficient (Wildman–Crippen LogP) is 9.41. The molecule has 2 aliphatic rings. The van der Waals surface area contributed by atoms with Crippen LogP contribution >= 0.6 is 0 Å².